The predicted octanol–water partition coefficient (Wildman–Crippen LogP) is 24.7. The summed E-state index contributed by atoms with van der Waals surface area (Å²) in [5, 5.41) is 0. The van der Waals surface area contributed by atoms with Gasteiger partial charge in [-0.25, -0.2) is 4.57 Å². The van der Waals surface area contributed by atoms with Gasteiger partial charge >= 0.3 is 19.8 Å². The molecule has 91 heavy (non-hydrogen) atoms. The average molecular weight is 1280 g/mol. The average Bonchev–Trinajstić information content (AvgIpc) is 3.71. The topological polar surface area (TPSA) is 134 Å². The summed E-state index contributed by atoms with van der Waals surface area (Å²) in [6.45, 7) is 3.53. The molecule has 0 rings (SSSR count). The van der Waals surface area contributed by atoms with Gasteiger partial charge in [0.05, 0.1) is 13.2 Å². The number of rotatable bonds is 68. The Morgan fingerprint density at radius 3 is 0.846 bits per heavy atom. The molecule has 0 aromatic rings. The van der Waals surface area contributed by atoms with Crippen LogP contribution in [0, 0.1) is 0 Å². The summed E-state index contributed by atoms with van der Waals surface area (Å²) >= 11 is 0. The van der Waals surface area contributed by atoms with Gasteiger partial charge in [0.2, 0.25) is 0 Å². The van der Waals surface area contributed by atoms with Crippen LogP contribution in [0.3, 0.4) is 0 Å². The molecule has 2 unspecified atom stereocenters. The maximum absolute atomic E-state index is 12.8. The Labute approximate surface area is 559 Å². The molecule has 10 heteroatoms. The number of unbranched alkanes of at least 4 members (excludes halogenated alkanes) is 29. The molecule has 0 bridgehead atoms. The van der Waals surface area contributed by atoms with Crippen LogP contribution in [0.15, 0.2) is 158 Å². The quantitative estimate of drug-likeness (QED) is 0.0264. The van der Waals surface area contributed by atoms with Gasteiger partial charge in [-0.05, 0) is 122 Å². The molecule has 3 N–H and O–H groups in total. The van der Waals surface area contributed by atoms with Gasteiger partial charge in [-0.1, -0.05) is 332 Å². The summed E-state index contributed by atoms with van der Waals surface area (Å²) < 4.78 is 33.2. The van der Waals surface area contributed by atoms with Crippen molar-refractivity contribution in [2.24, 2.45) is 5.73 Å². The van der Waals surface area contributed by atoms with E-state index in [0.717, 1.165) is 122 Å². The van der Waals surface area contributed by atoms with E-state index in [4.69, 9.17) is 24.3 Å². The van der Waals surface area contributed by atoms with E-state index in [1.807, 2.05) is 0 Å². The first kappa shape index (κ1) is 86.6. The van der Waals surface area contributed by atoms with Crippen LogP contribution in [0.4, 0.5) is 0 Å². The third kappa shape index (κ3) is 74.5. The molecule has 0 spiro atoms. The molecule has 0 aromatic heterocycles. The minimum atomic E-state index is -4.40. The summed E-state index contributed by atoms with van der Waals surface area (Å²) in [4.78, 5) is 35.4. The lowest BCUT2D eigenvalue weighted by Gasteiger charge is -2.19. The largest absolute Gasteiger partial charge is 0.472 e. The van der Waals surface area contributed by atoms with E-state index < -0.39 is 26.5 Å². The number of phosphoric acid groups is 1. The normalized spacial score (nSPS) is 13.8. The second-order valence-electron chi connectivity index (χ2n) is 24.0. The van der Waals surface area contributed by atoms with Crippen LogP contribution in [-0.4, -0.2) is 49.3 Å². The number of carbonyl (C=O) groups is 2. The van der Waals surface area contributed by atoms with Crippen molar-refractivity contribution >= 4 is 19.8 Å². The third-order valence-electron chi connectivity index (χ3n) is 15.4. The van der Waals surface area contributed by atoms with E-state index in [1.54, 1.807) is 0 Å². The number of allylic oxidation sites excluding steroid dienone is 26. The van der Waals surface area contributed by atoms with E-state index in [9.17, 15) is 19.0 Å². The molecule has 0 aliphatic carbocycles. The highest BCUT2D eigenvalue weighted by molar-refractivity contribution is 7.47. The fraction of sp³-hybridized carbons (Fsp3) is 0.654. The number of carbonyl (C=O) groups excluding carboxylic acids is 2. The van der Waals surface area contributed by atoms with E-state index in [1.165, 1.54) is 154 Å². The maximum atomic E-state index is 12.8. The standard InChI is InChI=1S/C81H136NO8P/c1-3-5-7-9-11-13-15-17-19-21-23-25-27-29-31-33-35-36-37-38-39-40-41-42-44-46-48-50-52-54-56-58-60-62-64-66-68-70-72-74-81(84)90-79(78-89-91(85,86)88-76-75-82)77-87-80(83)73-71-69-67-65-63-61-59-57-55-53-51-49-47-45-43-34-32-30-28-26-24-22-20-18-16-14-12-10-8-6-4-2/h5-8,11-14,17-20,23-26,29-32,35-36,38-39,41-42,79H,3-4,9-10,15-16,21-22,27-28,33-34,37,40,43-78,82H2,1-2H3,(H,85,86)/b7-5-,8-6-,13-11-,14-12-,19-17-,20-18-,25-23-,26-24-,31-29-,32-30-,36-35-,39-38-,42-41-. The first-order chi connectivity index (χ1) is 44.8. The summed E-state index contributed by atoms with van der Waals surface area (Å²) in [5.41, 5.74) is 5.41. The zero-order valence-electron chi connectivity index (χ0n) is 58.3. The molecule has 0 radical (unpaired) electrons. The van der Waals surface area contributed by atoms with Crippen molar-refractivity contribution in [3.63, 3.8) is 0 Å². The summed E-state index contributed by atoms with van der Waals surface area (Å²) in [6, 6.07) is 0. The Morgan fingerprint density at radius 2 is 0.571 bits per heavy atom. The highest BCUT2D eigenvalue weighted by atomic mass is 31.2. The molecular weight excluding hydrogens is 1150 g/mol. The molecule has 0 fully saturated rings. The zero-order chi connectivity index (χ0) is 65.8. The van der Waals surface area contributed by atoms with Gasteiger partial charge in [0, 0.05) is 19.4 Å². The Kier molecular flexibility index (Phi) is 71.1. The first-order valence-electron chi connectivity index (χ1n) is 37.0. The Hall–Kier alpha value is -4.37. The van der Waals surface area contributed by atoms with Crippen molar-refractivity contribution in [2.45, 2.75) is 315 Å². The van der Waals surface area contributed by atoms with Gasteiger partial charge < -0.3 is 20.1 Å². The lowest BCUT2D eigenvalue weighted by molar-refractivity contribution is -0.161. The van der Waals surface area contributed by atoms with Crippen molar-refractivity contribution in [3.05, 3.63) is 158 Å². The van der Waals surface area contributed by atoms with Gasteiger partial charge in [0.25, 0.3) is 0 Å². The van der Waals surface area contributed by atoms with Gasteiger partial charge in [-0.3, -0.25) is 18.6 Å². The van der Waals surface area contributed by atoms with Crippen molar-refractivity contribution in [1.82, 2.24) is 0 Å². The Morgan fingerprint density at radius 1 is 0.330 bits per heavy atom. The fourth-order valence-electron chi connectivity index (χ4n) is 10.0. The monoisotopic (exact) mass is 1280 g/mol. The molecule has 0 saturated heterocycles. The third-order valence-corrected chi connectivity index (χ3v) is 16.4. The van der Waals surface area contributed by atoms with Crippen LogP contribution in [0.2, 0.25) is 0 Å². The maximum Gasteiger partial charge on any atom is 0.472 e. The zero-order valence-corrected chi connectivity index (χ0v) is 59.2. The van der Waals surface area contributed by atoms with Crippen LogP contribution >= 0.6 is 7.82 Å². The van der Waals surface area contributed by atoms with Gasteiger partial charge in [-0.15, -0.1) is 0 Å². The van der Waals surface area contributed by atoms with Crippen LogP contribution in [0.25, 0.3) is 0 Å². The molecular formula is C81H136NO8P. The second kappa shape index (κ2) is 74.7. The predicted molar refractivity (Wildman–Crippen MR) is 394 cm³/mol. The van der Waals surface area contributed by atoms with Gasteiger partial charge in [-0.2, -0.15) is 0 Å². The minimum Gasteiger partial charge on any atom is -0.462 e. The van der Waals surface area contributed by atoms with Gasteiger partial charge in [0.15, 0.2) is 6.10 Å². The molecule has 0 amide bonds. The fourth-order valence-corrected chi connectivity index (χ4v) is 10.8. The summed E-state index contributed by atoms with van der Waals surface area (Å²) in [6.07, 6.45) is 109. The Balaban J connectivity index is 3.89. The smallest absolute Gasteiger partial charge is 0.462 e. The second-order valence-corrected chi connectivity index (χ2v) is 25.5. The number of hydrogen-bond acceptors (Lipinski definition) is 8. The molecule has 2 atom stereocenters. The lowest BCUT2D eigenvalue weighted by Crippen LogP contribution is -2.29. The SMILES string of the molecule is CC/C=C\C/C=C\C/C=C\C/C=C\C/C=C\C/C=C\C/C=C\C/C=C\CCCCCCCCCCCCCCCCC(=O)OC(COC(=O)CCCCCCCCCCCCCCCCC/C=C\C/C=C\C/C=C\C/C=C\C/C=C\CC)COP(=O)(O)OCCN. The van der Waals surface area contributed by atoms with Crippen LogP contribution in [-0.2, 0) is 32.7 Å². The first-order valence-corrected chi connectivity index (χ1v) is 38.5. The van der Waals surface area contributed by atoms with Crippen molar-refractivity contribution in [2.75, 3.05) is 26.4 Å². The molecule has 518 valence electrons. The highest BCUT2D eigenvalue weighted by Crippen LogP contribution is 2.43. The van der Waals surface area contributed by atoms with Crippen LogP contribution in [0.1, 0.15) is 309 Å². The number of phosphoric ester groups is 1. The van der Waals surface area contributed by atoms with E-state index in [0.29, 0.717) is 6.42 Å². The van der Waals surface area contributed by atoms with Crippen molar-refractivity contribution < 1.29 is 37.6 Å². The molecule has 9 nitrogen and oxygen atoms in total. The van der Waals surface area contributed by atoms with Crippen molar-refractivity contribution in [1.29, 1.82) is 0 Å². The van der Waals surface area contributed by atoms with E-state index >= 15 is 0 Å². The van der Waals surface area contributed by atoms with Crippen LogP contribution < -0.4 is 5.73 Å². The minimum absolute atomic E-state index is 0.0481. The van der Waals surface area contributed by atoms with E-state index in [2.05, 4.69) is 172 Å². The Bertz CT molecular complexity index is 2050. The molecule has 0 aliphatic rings. The highest BCUT2D eigenvalue weighted by Gasteiger charge is 2.26. The molecule has 0 saturated carbocycles. The number of nitrogens with two attached hydrogens (primary N) is 1. The van der Waals surface area contributed by atoms with E-state index in [-0.39, 0.29) is 38.6 Å². The lowest BCUT2D eigenvalue weighted by atomic mass is 10.0. The summed E-state index contributed by atoms with van der Waals surface area (Å²) in [7, 11) is -4.40. The number of esters is 2. The number of hydrogen-bond donors (Lipinski definition) is 2. The van der Waals surface area contributed by atoms with Crippen LogP contribution in [0.5, 0.6) is 0 Å². The van der Waals surface area contributed by atoms with Gasteiger partial charge in [0.1, 0.15) is 6.61 Å². The summed E-state index contributed by atoms with van der Waals surface area (Å²) in [5.74, 6) is -0.827. The number of ether oxygens (including phenoxy) is 2. The van der Waals surface area contributed by atoms with Crippen molar-refractivity contribution in [3.8, 4) is 0 Å². The molecule has 0 aliphatic heterocycles. The molecule has 0 aromatic carbocycles. The molecule has 0 heterocycles.